The van der Waals surface area contributed by atoms with Gasteiger partial charge in [-0.05, 0) is 153 Å². The predicted octanol–water partition coefficient (Wildman–Crippen LogP) is 16.3. The molecule has 0 spiro atoms. The van der Waals surface area contributed by atoms with Crippen LogP contribution in [-0.2, 0) is 5.41 Å². The number of benzene rings is 10. The van der Waals surface area contributed by atoms with Crippen molar-refractivity contribution in [2.75, 3.05) is 23.0 Å². The molecule has 360 valence electrons. The van der Waals surface area contributed by atoms with Crippen molar-refractivity contribution in [2.24, 2.45) is 0 Å². The normalized spacial score (nSPS) is 13.8. The second-order valence-electron chi connectivity index (χ2n) is 21.5. The first-order valence-electron chi connectivity index (χ1n) is 26.2. The summed E-state index contributed by atoms with van der Waals surface area (Å²) in [6.45, 7) is 10.1. The van der Waals surface area contributed by atoms with Gasteiger partial charge in [-0.1, -0.05) is 130 Å². The monoisotopic (exact) mass is 970 g/mol. The van der Waals surface area contributed by atoms with Crippen molar-refractivity contribution in [3.8, 4) is 44.9 Å². The maximum absolute atomic E-state index is 6.60. The Balaban J connectivity index is 0.970. The van der Waals surface area contributed by atoms with Gasteiger partial charge >= 0.3 is 0 Å². The van der Waals surface area contributed by atoms with E-state index >= 15 is 0 Å². The number of hydrogen-bond donors (Lipinski definition) is 0. The maximum Gasteiger partial charge on any atom is 0.252 e. The summed E-state index contributed by atoms with van der Waals surface area (Å²) in [5.41, 5.74) is 23.0. The molecule has 10 aromatic carbocycles. The van der Waals surface area contributed by atoms with Crippen molar-refractivity contribution in [2.45, 2.75) is 39.5 Å². The molecule has 0 N–H and O–H groups in total. The van der Waals surface area contributed by atoms with Gasteiger partial charge in [-0.25, -0.2) is 0 Å². The predicted molar refractivity (Wildman–Crippen MR) is 310 cm³/mol. The van der Waals surface area contributed by atoms with Crippen LogP contribution in [0.4, 0.5) is 34.1 Å². The van der Waals surface area contributed by atoms with Crippen molar-refractivity contribution < 1.29 is 18.3 Å². The van der Waals surface area contributed by atoms with Crippen LogP contribution in [0.15, 0.2) is 209 Å². The van der Waals surface area contributed by atoms with Gasteiger partial charge in [0.25, 0.3) is 6.71 Å². The standard InChI is InChI=1S/C68H51BN2O4/c1-41-33-59-67-60(34-41)71(56-30-24-47(68(2,3)4)38-53(56)43-13-6-5-7-14-43)58-40-66-65(72-31-12-32-73-66)39-55(58)69(67)54-35-44(46-22-28-52-50-16-9-11-18-62(50)75-64(52)37-46)23-29-57(54)70(59)48-25-19-42(20-26-48)45-21-27-51-49-15-8-10-17-61(49)74-63(51)36-45/h5-11,13-30,33-40H,12,31-32H2,1-4H3. The number of para-hydroxylation sites is 2. The minimum atomic E-state index is -0.163. The van der Waals surface area contributed by atoms with Gasteiger partial charge in [-0.2, -0.15) is 0 Å². The Kier molecular flexibility index (Phi) is 9.62. The molecule has 0 bridgehead atoms. The first-order chi connectivity index (χ1) is 36.7. The summed E-state index contributed by atoms with van der Waals surface area (Å²) in [5.74, 6) is 1.55. The largest absolute Gasteiger partial charge is 0.490 e. The van der Waals surface area contributed by atoms with Crippen LogP contribution in [0.5, 0.6) is 11.5 Å². The summed E-state index contributed by atoms with van der Waals surface area (Å²) in [4.78, 5) is 5.00. The highest BCUT2D eigenvalue weighted by atomic mass is 16.5. The lowest BCUT2D eigenvalue weighted by Crippen LogP contribution is -2.61. The third kappa shape index (κ3) is 6.94. The number of ether oxygens (including phenoxy) is 2. The highest BCUT2D eigenvalue weighted by molar-refractivity contribution is 7.00. The van der Waals surface area contributed by atoms with E-state index in [-0.39, 0.29) is 12.1 Å². The molecule has 75 heavy (non-hydrogen) atoms. The van der Waals surface area contributed by atoms with E-state index in [1.807, 2.05) is 24.3 Å². The van der Waals surface area contributed by atoms with E-state index < -0.39 is 0 Å². The molecule has 3 aliphatic rings. The van der Waals surface area contributed by atoms with Crippen molar-refractivity contribution in [3.63, 3.8) is 0 Å². The van der Waals surface area contributed by atoms with Crippen LogP contribution >= 0.6 is 0 Å². The van der Waals surface area contributed by atoms with Crippen molar-refractivity contribution in [3.05, 3.63) is 211 Å². The average Bonchev–Trinajstić information content (AvgIpc) is 3.91. The van der Waals surface area contributed by atoms with Gasteiger partial charge in [0.1, 0.15) is 22.3 Å². The number of hydrogen-bond acceptors (Lipinski definition) is 6. The van der Waals surface area contributed by atoms with Crippen molar-refractivity contribution in [1.29, 1.82) is 0 Å². The minimum absolute atomic E-state index is 0.0649. The molecule has 0 radical (unpaired) electrons. The third-order valence-corrected chi connectivity index (χ3v) is 15.8. The molecule has 15 rings (SSSR count). The highest BCUT2D eigenvalue weighted by Gasteiger charge is 2.45. The lowest BCUT2D eigenvalue weighted by atomic mass is 9.33. The van der Waals surface area contributed by atoms with Crippen molar-refractivity contribution in [1.82, 2.24) is 0 Å². The van der Waals surface area contributed by atoms with Crippen LogP contribution < -0.4 is 35.7 Å². The fourth-order valence-electron chi connectivity index (χ4n) is 12.2. The molecule has 3 aliphatic heterocycles. The molecule has 0 aliphatic carbocycles. The summed E-state index contributed by atoms with van der Waals surface area (Å²) < 4.78 is 26.0. The zero-order valence-corrected chi connectivity index (χ0v) is 42.3. The second-order valence-corrected chi connectivity index (χ2v) is 21.5. The van der Waals surface area contributed by atoms with E-state index in [4.69, 9.17) is 18.3 Å². The third-order valence-electron chi connectivity index (χ3n) is 15.8. The minimum Gasteiger partial charge on any atom is -0.490 e. The fourth-order valence-corrected chi connectivity index (χ4v) is 12.2. The topological polar surface area (TPSA) is 51.2 Å². The van der Waals surface area contributed by atoms with Gasteiger partial charge in [-0.3, -0.25) is 0 Å². The molecule has 0 saturated heterocycles. The average molecular weight is 971 g/mol. The van der Waals surface area contributed by atoms with Gasteiger partial charge in [-0.15, -0.1) is 0 Å². The smallest absolute Gasteiger partial charge is 0.252 e. The Bertz CT molecular complexity index is 4300. The lowest BCUT2D eigenvalue weighted by molar-refractivity contribution is 0.297. The number of anilines is 6. The second kappa shape index (κ2) is 16.5. The van der Waals surface area contributed by atoms with E-state index in [2.05, 4.69) is 213 Å². The molecule has 12 aromatic rings. The Labute approximate surface area is 436 Å². The summed E-state index contributed by atoms with van der Waals surface area (Å²) in [6, 6.07) is 73.1. The lowest BCUT2D eigenvalue weighted by Gasteiger charge is -2.45. The Hall–Kier alpha value is -8.94. The van der Waals surface area contributed by atoms with E-state index in [0.29, 0.717) is 13.2 Å². The van der Waals surface area contributed by atoms with Crippen LogP contribution in [-0.4, -0.2) is 19.9 Å². The van der Waals surface area contributed by atoms with Gasteiger partial charge in [0.15, 0.2) is 11.5 Å². The summed E-state index contributed by atoms with van der Waals surface area (Å²) in [5, 5.41) is 4.49. The number of rotatable bonds is 5. The molecule has 5 heterocycles. The quantitative estimate of drug-likeness (QED) is 0.160. The summed E-state index contributed by atoms with van der Waals surface area (Å²) in [6.07, 6.45) is 0.812. The SMILES string of the molecule is Cc1cc2c3c(c1)N(c1ccc(C(C)(C)C)cc1-c1ccccc1)c1cc4c(cc1B3c1cc(-c3ccc5c(c3)oc3ccccc35)ccc1N2c1ccc(-c2ccc3c(c2)oc2ccccc23)cc1)OCCCO4. The number of fused-ring (bicyclic) bond motifs is 11. The van der Waals surface area contributed by atoms with E-state index in [0.717, 1.165) is 135 Å². The Morgan fingerprint density at radius 3 is 1.64 bits per heavy atom. The van der Waals surface area contributed by atoms with Crippen LogP contribution in [0.2, 0.25) is 0 Å². The molecule has 6 nitrogen and oxygen atoms in total. The molecule has 0 unspecified atom stereocenters. The zero-order valence-electron chi connectivity index (χ0n) is 42.3. The summed E-state index contributed by atoms with van der Waals surface area (Å²) >= 11 is 0. The van der Waals surface area contributed by atoms with Gasteiger partial charge in [0, 0.05) is 68.0 Å². The van der Waals surface area contributed by atoms with Crippen molar-refractivity contribution >= 4 is 101 Å². The molecular weight excluding hydrogens is 920 g/mol. The molecule has 0 atom stereocenters. The van der Waals surface area contributed by atoms with Gasteiger partial charge in [0.05, 0.1) is 18.9 Å². The van der Waals surface area contributed by atoms with Crippen LogP contribution in [0, 0.1) is 6.92 Å². The number of aryl methyl sites for hydroxylation is 1. The Morgan fingerprint density at radius 1 is 0.413 bits per heavy atom. The molecule has 0 amide bonds. The number of nitrogens with zero attached hydrogens (tertiary/aromatic N) is 2. The van der Waals surface area contributed by atoms with Gasteiger partial charge in [0.2, 0.25) is 0 Å². The molecule has 7 heteroatoms. The summed E-state index contributed by atoms with van der Waals surface area (Å²) in [7, 11) is 0. The van der Waals surface area contributed by atoms with Crippen LogP contribution in [0.25, 0.3) is 77.3 Å². The maximum atomic E-state index is 6.60. The fraction of sp³-hybridized carbons (Fsp3) is 0.118. The molecule has 2 aromatic heterocycles. The number of furan rings is 2. The molecular formula is C68H51BN2O4. The zero-order chi connectivity index (χ0) is 50.1. The molecule has 0 saturated carbocycles. The van der Waals surface area contributed by atoms with Crippen LogP contribution in [0.1, 0.15) is 38.3 Å². The van der Waals surface area contributed by atoms with Crippen LogP contribution in [0.3, 0.4) is 0 Å². The van der Waals surface area contributed by atoms with E-state index in [1.165, 1.54) is 22.1 Å². The van der Waals surface area contributed by atoms with E-state index in [9.17, 15) is 0 Å². The van der Waals surface area contributed by atoms with Gasteiger partial charge < -0.3 is 28.1 Å². The van der Waals surface area contributed by atoms with E-state index in [1.54, 1.807) is 0 Å². The molecule has 0 fully saturated rings. The first kappa shape index (κ1) is 43.6. The Morgan fingerprint density at radius 2 is 0.960 bits per heavy atom. The first-order valence-corrected chi connectivity index (χ1v) is 26.2. The highest BCUT2D eigenvalue weighted by Crippen LogP contribution is 2.50.